The second-order valence-electron chi connectivity index (χ2n) is 14.7. The second kappa shape index (κ2) is 34.2. The predicted molar refractivity (Wildman–Crippen MR) is 215 cm³/mol. The zero-order chi connectivity index (χ0) is 39.5. The number of rotatable bonds is 36. The van der Waals surface area contributed by atoms with Crippen molar-refractivity contribution in [3.8, 4) is 0 Å². The van der Waals surface area contributed by atoms with E-state index < -0.39 is 32.5 Å². The van der Waals surface area contributed by atoms with Gasteiger partial charge in [-0.05, 0) is 44.6 Å². The van der Waals surface area contributed by atoms with E-state index in [9.17, 15) is 23.8 Å². The Kier molecular flexibility index (Phi) is 32.6. The van der Waals surface area contributed by atoms with Crippen molar-refractivity contribution in [1.82, 2.24) is 0 Å². The van der Waals surface area contributed by atoms with Crippen molar-refractivity contribution in [1.29, 1.82) is 0 Å². The Bertz CT molecular complexity index is 1110. The molecule has 0 radical (unpaired) electrons. The van der Waals surface area contributed by atoms with Crippen LogP contribution in [0.25, 0.3) is 0 Å². The normalized spacial score (nSPS) is 14.1. The average molecular weight is 769 g/mol. The number of unbranched alkanes of at least 4 members (excludes halogenated alkanes) is 13. The van der Waals surface area contributed by atoms with Crippen LogP contribution in [0.4, 0.5) is 0 Å². The van der Waals surface area contributed by atoms with Crippen molar-refractivity contribution in [2.75, 3.05) is 47.5 Å². The predicted octanol–water partition coefficient (Wildman–Crippen LogP) is 10.3. The quantitative estimate of drug-likeness (QED) is 0.0126. The number of ketones is 1. The highest BCUT2D eigenvalue weighted by Gasteiger charge is 2.27. The molecule has 0 heterocycles. The zero-order valence-electron chi connectivity index (χ0n) is 34.0. The Balaban J connectivity index is 4.63. The first-order chi connectivity index (χ1) is 25.4. The van der Waals surface area contributed by atoms with E-state index in [1.54, 1.807) is 6.08 Å². The van der Waals surface area contributed by atoms with Gasteiger partial charge in [0.1, 0.15) is 19.8 Å². The zero-order valence-corrected chi connectivity index (χ0v) is 34.9. The minimum Gasteiger partial charge on any atom is -0.462 e. The smallest absolute Gasteiger partial charge is 0.462 e. The molecule has 11 heteroatoms. The van der Waals surface area contributed by atoms with Gasteiger partial charge in [-0.15, -0.1) is 0 Å². The van der Waals surface area contributed by atoms with Gasteiger partial charge in [-0.25, -0.2) is 4.57 Å². The lowest BCUT2D eigenvalue weighted by molar-refractivity contribution is -0.870. The molecule has 0 saturated heterocycles. The van der Waals surface area contributed by atoms with Crippen molar-refractivity contribution in [2.45, 2.75) is 155 Å². The summed E-state index contributed by atoms with van der Waals surface area (Å²) in [5, 5.41) is 0. The summed E-state index contributed by atoms with van der Waals surface area (Å²) in [6, 6.07) is 0. The van der Waals surface area contributed by atoms with Crippen LogP contribution in [0.5, 0.6) is 0 Å². The summed E-state index contributed by atoms with van der Waals surface area (Å²) in [5.41, 5.74) is 0. The Morgan fingerprint density at radius 3 is 1.85 bits per heavy atom. The van der Waals surface area contributed by atoms with Gasteiger partial charge >= 0.3 is 19.8 Å². The topological polar surface area (TPSA) is 125 Å². The van der Waals surface area contributed by atoms with Gasteiger partial charge in [-0.2, -0.15) is 0 Å². The van der Waals surface area contributed by atoms with E-state index in [1.807, 2.05) is 33.3 Å². The number of hydrogen-bond donors (Lipinski definition) is 1. The van der Waals surface area contributed by atoms with E-state index >= 15 is 0 Å². The first kappa shape index (κ1) is 50.6. The summed E-state index contributed by atoms with van der Waals surface area (Å²) in [4.78, 5) is 47.4. The Labute approximate surface area is 322 Å². The third-order valence-corrected chi connectivity index (χ3v) is 9.32. The molecular formula is C42H75NO9P+. The highest BCUT2D eigenvalue weighted by atomic mass is 31.2. The lowest BCUT2D eigenvalue weighted by Gasteiger charge is -2.24. The number of allylic oxidation sites excluding steroid dienone is 8. The number of ether oxygens (including phenoxy) is 2. The lowest BCUT2D eigenvalue weighted by Crippen LogP contribution is -2.37. The van der Waals surface area contributed by atoms with Crippen LogP contribution in [0, 0.1) is 0 Å². The van der Waals surface area contributed by atoms with Gasteiger partial charge in [0.2, 0.25) is 0 Å². The summed E-state index contributed by atoms with van der Waals surface area (Å²) in [6.45, 7) is 4.08. The van der Waals surface area contributed by atoms with Crippen LogP contribution in [0.3, 0.4) is 0 Å². The molecule has 0 amide bonds. The SMILES string of the molecule is CCCCC/C=C\C/C=C\C/C=C\C=C\C(=O)CCCC(=O)O[C@H](COC(=O)CCCCCCCCCCCCC)COP(=O)(O)OCC[N+](C)(C)C. The molecule has 0 rings (SSSR count). The maximum absolute atomic E-state index is 12.6. The number of nitrogens with zero attached hydrogens (tertiary/aromatic N) is 1. The first-order valence-corrected chi connectivity index (χ1v) is 21.8. The molecule has 0 aliphatic carbocycles. The molecule has 0 bridgehead atoms. The number of esters is 2. The van der Waals surface area contributed by atoms with Crippen molar-refractivity contribution in [3.63, 3.8) is 0 Å². The number of carbonyl (C=O) groups excluding carboxylic acids is 3. The summed E-state index contributed by atoms with van der Waals surface area (Å²) < 4.78 is 33.9. The lowest BCUT2D eigenvalue weighted by atomic mass is 10.1. The van der Waals surface area contributed by atoms with Gasteiger partial charge in [-0.1, -0.05) is 133 Å². The maximum atomic E-state index is 12.6. The van der Waals surface area contributed by atoms with Crippen LogP contribution >= 0.6 is 7.82 Å². The molecule has 2 atom stereocenters. The largest absolute Gasteiger partial charge is 0.472 e. The number of quaternary nitrogens is 1. The molecule has 0 aliphatic heterocycles. The fourth-order valence-corrected chi connectivity index (χ4v) is 5.82. The minimum atomic E-state index is -4.43. The Hall–Kier alpha value is -2.36. The molecule has 10 nitrogen and oxygen atoms in total. The van der Waals surface area contributed by atoms with E-state index in [0.29, 0.717) is 17.4 Å². The molecule has 0 aromatic carbocycles. The Morgan fingerprint density at radius 1 is 0.642 bits per heavy atom. The summed E-state index contributed by atoms with van der Waals surface area (Å²) >= 11 is 0. The second-order valence-corrected chi connectivity index (χ2v) is 16.2. The molecule has 1 unspecified atom stereocenters. The number of likely N-dealkylation sites (N-methyl/N-ethyl adjacent to an activating group) is 1. The molecule has 0 aromatic heterocycles. The van der Waals surface area contributed by atoms with Crippen molar-refractivity contribution < 1.29 is 46.8 Å². The summed E-state index contributed by atoms with van der Waals surface area (Å²) in [5.74, 6) is -1.17. The number of phosphoric ester groups is 1. The molecule has 0 aliphatic rings. The molecular weight excluding hydrogens is 693 g/mol. The summed E-state index contributed by atoms with van der Waals surface area (Å²) in [6.07, 6.45) is 34.5. The third-order valence-electron chi connectivity index (χ3n) is 8.34. The molecule has 306 valence electrons. The van der Waals surface area contributed by atoms with Crippen LogP contribution in [0.2, 0.25) is 0 Å². The molecule has 53 heavy (non-hydrogen) atoms. The van der Waals surface area contributed by atoms with Gasteiger partial charge in [0.25, 0.3) is 0 Å². The van der Waals surface area contributed by atoms with Crippen LogP contribution in [-0.2, 0) is 37.5 Å². The van der Waals surface area contributed by atoms with Gasteiger partial charge in [0.05, 0.1) is 27.7 Å². The summed E-state index contributed by atoms with van der Waals surface area (Å²) in [7, 11) is 1.33. The Morgan fingerprint density at radius 2 is 1.21 bits per heavy atom. The number of carbonyl (C=O) groups is 3. The highest BCUT2D eigenvalue weighted by molar-refractivity contribution is 7.47. The first-order valence-electron chi connectivity index (χ1n) is 20.3. The average Bonchev–Trinajstić information content (AvgIpc) is 3.09. The van der Waals surface area contributed by atoms with Gasteiger partial charge in [0.15, 0.2) is 11.9 Å². The van der Waals surface area contributed by atoms with Crippen molar-refractivity contribution >= 4 is 25.5 Å². The minimum absolute atomic E-state index is 0.0118. The number of phosphoric acid groups is 1. The van der Waals surface area contributed by atoms with E-state index in [0.717, 1.165) is 38.5 Å². The fraction of sp³-hybridized carbons (Fsp3) is 0.738. The van der Waals surface area contributed by atoms with E-state index in [-0.39, 0.29) is 44.7 Å². The maximum Gasteiger partial charge on any atom is 0.472 e. The molecule has 0 aromatic rings. The molecule has 0 saturated carbocycles. The van der Waals surface area contributed by atoms with Crippen LogP contribution in [-0.4, -0.2) is 80.7 Å². The van der Waals surface area contributed by atoms with Gasteiger partial charge in [-0.3, -0.25) is 23.4 Å². The van der Waals surface area contributed by atoms with Crippen LogP contribution in [0.15, 0.2) is 48.6 Å². The van der Waals surface area contributed by atoms with Gasteiger partial charge in [0, 0.05) is 19.3 Å². The monoisotopic (exact) mass is 769 g/mol. The van der Waals surface area contributed by atoms with Crippen molar-refractivity contribution in [3.05, 3.63) is 48.6 Å². The molecule has 1 N–H and O–H groups in total. The van der Waals surface area contributed by atoms with E-state index in [1.165, 1.54) is 70.3 Å². The molecule has 0 fully saturated rings. The van der Waals surface area contributed by atoms with E-state index in [4.69, 9.17) is 18.5 Å². The molecule has 0 spiro atoms. The standard InChI is InChI=1S/C42H74NO9P/c1-6-8-10-12-14-16-18-19-21-22-24-26-28-31-39(44)32-30-34-42(46)52-40(38-51-53(47,48)50-36-35-43(3,4)5)37-49-41(45)33-29-27-25-23-20-17-15-13-11-9-7-2/h14,16,19,21,24,26,28,31,40H,6-13,15,17-18,20,22-23,25,27,29-30,32-38H2,1-5H3/p+1/b16-14-,21-19-,26-24-,31-28+/t40-/m1/s1. The van der Waals surface area contributed by atoms with Crippen LogP contribution < -0.4 is 0 Å². The highest BCUT2D eigenvalue weighted by Crippen LogP contribution is 2.43. The van der Waals surface area contributed by atoms with Gasteiger partial charge < -0.3 is 18.9 Å². The third kappa shape index (κ3) is 37.7. The van der Waals surface area contributed by atoms with Crippen molar-refractivity contribution in [2.24, 2.45) is 0 Å². The fourth-order valence-electron chi connectivity index (χ4n) is 5.08. The van der Waals surface area contributed by atoms with Crippen LogP contribution in [0.1, 0.15) is 149 Å². The van der Waals surface area contributed by atoms with E-state index in [2.05, 4.69) is 38.2 Å². The number of hydrogen-bond acceptors (Lipinski definition) is 8.